The average Bonchev–Trinajstić information content (AvgIpc) is 3.00. The molecule has 0 saturated carbocycles. The van der Waals surface area contributed by atoms with Crippen molar-refractivity contribution in [2.45, 2.75) is 20.3 Å². The van der Waals surface area contributed by atoms with E-state index in [0.29, 0.717) is 11.8 Å². The van der Waals surface area contributed by atoms with Gasteiger partial charge in [0.15, 0.2) is 0 Å². The Balaban J connectivity index is 1.74. The van der Waals surface area contributed by atoms with Crippen LogP contribution in [0.1, 0.15) is 27.0 Å². The third-order valence-corrected chi connectivity index (χ3v) is 5.60. The second-order valence-electron chi connectivity index (χ2n) is 5.46. The van der Waals surface area contributed by atoms with Crippen LogP contribution in [0.2, 0.25) is 0 Å². The van der Waals surface area contributed by atoms with Crippen molar-refractivity contribution < 1.29 is 4.79 Å². The highest BCUT2D eigenvalue weighted by atomic mass is 32.1. The first kappa shape index (κ1) is 12.2. The van der Waals surface area contributed by atoms with Crippen LogP contribution in [-0.2, 0) is 6.42 Å². The van der Waals surface area contributed by atoms with Gasteiger partial charge in [0.1, 0.15) is 0 Å². The number of rotatable bonds is 2. The van der Waals surface area contributed by atoms with Gasteiger partial charge in [-0.25, -0.2) is 0 Å². The van der Waals surface area contributed by atoms with Crippen LogP contribution >= 0.6 is 11.3 Å². The molecule has 3 rings (SSSR count). The molecule has 1 aromatic rings. The van der Waals surface area contributed by atoms with E-state index in [9.17, 15) is 4.79 Å². The molecule has 3 nitrogen and oxygen atoms in total. The number of thiophene rings is 1. The fourth-order valence-electron chi connectivity index (χ4n) is 3.15. The van der Waals surface area contributed by atoms with Gasteiger partial charge in [-0.15, -0.1) is 11.3 Å². The average molecular weight is 264 g/mol. The molecule has 3 heterocycles. The van der Waals surface area contributed by atoms with Gasteiger partial charge in [0.2, 0.25) is 0 Å². The number of carbonyl (C=O) groups is 1. The van der Waals surface area contributed by atoms with Gasteiger partial charge < -0.3 is 10.2 Å². The second kappa shape index (κ2) is 4.67. The maximum Gasteiger partial charge on any atom is 0.263 e. The summed E-state index contributed by atoms with van der Waals surface area (Å²) in [6, 6.07) is 2.07. The largest absolute Gasteiger partial charge is 0.337 e. The summed E-state index contributed by atoms with van der Waals surface area (Å²) in [7, 11) is 0. The molecule has 18 heavy (non-hydrogen) atoms. The standard InChI is InChI=1S/C14H20N2OS/c1-3-12-9(2)4-13(18-12)14(17)16-7-10-5-15-6-11(10)8-16/h4,10-11,15H,3,5-8H2,1-2H3/t10-,11+. The minimum absolute atomic E-state index is 0.247. The lowest BCUT2D eigenvalue weighted by Crippen LogP contribution is -2.31. The molecule has 1 N–H and O–H groups in total. The molecule has 1 aromatic heterocycles. The smallest absolute Gasteiger partial charge is 0.263 e. The molecule has 2 atom stereocenters. The van der Waals surface area contributed by atoms with Gasteiger partial charge in [-0.05, 0) is 36.8 Å². The minimum Gasteiger partial charge on any atom is -0.337 e. The SMILES string of the molecule is CCc1sc(C(=O)N2C[C@H]3CNC[C@H]3C2)cc1C. The summed E-state index contributed by atoms with van der Waals surface area (Å²) in [5.74, 6) is 1.61. The molecule has 0 aliphatic carbocycles. The molecule has 4 heteroatoms. The third kappa shape index (κ3) is 1.97. The highest BCUT2D eigenvalue weighted by Gasteiger charge is 2.38. The number of fused-ring (bicyclic) bond motifs is 1. The number of amides is 1. The molecule has 2 saturated heterocycles. The van der Waals surface area contributed by atoms with E-state index in [2.05, 4.69) is 30.1 Å². The number of likely N-dealkylation sites (tertiary alicyclic amines) is 1. The Morgan fingerprint density at radius 1 is 1.44 bits per heavy atom. The van der Waals surface area contributed by atoms with Gasteiger partial charge in [0, 0.05) is 31.1 Å². The van der Waals surface area contributed by atoms with Crippen LogP contribution in [0.4, 0.5) is 0 Å². The van der Waals surface area contributed by atoms with Crippen LogP contribution in [-0.4, -0.2) is 37.0 Å². The minimum atomic E-state index is 0.247. The normalized spacial score (nSPS) is 26.7. The van der Waals surface area contributed by atoms with Crippen molar-refractivity contribution in [1.82, 2.24) is 10.2 Å². The maximum absolute atomic E-state index is 12.5. The Hall–Kier alpha value is -0.870. The fourth-order valence-corrected chi connectivity index (χ4v) is 4.24. The van der Waals surface area contributed by atoms with E-state index in [1.54, 1.807) is 11.3 Å². The molecule has 0 spiro atoms. The van der Waals surface area contributed by atoms with Crippen LogP contribution in [0.3, 0.4) is 0 Å². The summed E-state index contributed by atoms with van der Waals surface area (Å²) in [6.07, 6.45) is 1.03. The lowest BCUT2D eigenvalue weighted by atomic mass is 10.0. The molecular formula is C14H20N2OS. The van der Waals surface area contributed by atoms with Crippen LogP contribution < -0.4 is 5.32 Å². The highest BCUT2D eigenvalue weighted by Crippen LogP contribution is 2.30. The highest BCUT2D eigenvalue weighted by molar-refractivity contribution is 7.14. The van der Waals surface area contributed by atoms with Gasteiger partial charge >= 0.3 is 0 Å². The second-order valence-corrected chi connectivity index (χ2v) is 6.60. The Morgan fingerprint density at radius 2 is 2.11 bits per heavy atom. The van der Waals surface area contributed by atoms with Crippen molar-refractivity contribution in [3.05, 3.63) is 21.4 Å². The van der Waals surface area contributed by atoms with Crippen LogP contribution in [0, 0.1) is 18.8 Å². The zero-order valence-corrected chi connectivity index (χ0v) is 11.8. The number of aryl methyl sites for hydroxylation is 2. The summed E-state index contributed by atoms with van der Waals surface area (Å²) < 4.78 is 0. The molecule has 0 unspecified atom stereocenters. The molecule has 1 amide bonds. The summed E-state index contributed by atoms with van der Waals surface area (Å²) in [4.78, 5) is 16.8. The summed E-state index contributed by atoms with van der Waals surface area (Å²) in [5.41, 5.74) is 1.27. The summed E-state index contributed by atoms with van der Waals surface area (Å²) in [6.45, 7) is 8.30. The Kier molecular flexibility index (Phi) is 3.16. The Morgan fingerprint density at radius 3 is 2.67 bits per heavy atom. The van der Waals surface area contributed by atoms with Gasteiger partial charge in [-0.1, -0.05) is 6.92 Å². The molecule has 0 aromatic carbocycles. The van der Waals surface area contributed by atoms with Gasteiger partial charge in [-0.3, -0.25) is 4.79 Å². The first-order valence-corrected chi connectivity index (χ1v) is 7.60. The maximum atomic E-state index is 12.5. The van der Waals surface area contributed by atoms with E-state index >= 15 is 0 Å². The van der Waals surface area contributed by atoms with Crippen molar-refractivity contribution in [1.29, 1.82) is 0 Å². The molecule has 2 aliphatic rings. The topological polar surface area (TPSA) is 32.3 Å². The third-order valence-electron chi connectivity index (χ3n) is 4.23. The molecule has 0 radical (unpaired) electrons. The first-order chi connectivity index (χ1) is 8.69. The number of carbonyl (C=O) groups excluding carboxylic acids is 1. The predicted octanol–water partition coefficient (Wildman–Crippen LogP) is 1.91. The van der Waals surface area contributed by atoms with E-state index in [0.717, 1.165) is 37.5 Å². The van der Waals surface area contributed by atoms with Crippen molar-refractivity contribution in [2.24, 2.45) is 11.8 Å². The van der Waals surface area contributed by atoms with Crippen molar-refractivity contribution >= 4 is 17.2 Å². The Bertz CT molecular complexity index is 456. The lowest BCUT2D eigenvalue weighted by molar-refractivity contribution is 0.0786. The van der Waals surface area contributed by atoms with Crippen LogP contribution in [0.5, 0.6) is 0 Å². The number of nitrogens with zero attached hydrogens (tertiary/aromatic N) is 1. The van der Waals surface area contributed by atoms with E-state index in [1.807, 2.05) is 0 Å². The van der Waals surface area contributed by atoms with Crippen LogP contribution in [0.25, 0.3) is 0 Å². The molecule has 2 aliphatic heterocycles. The van der Waals surface area contributed by atoms with Gasteiger partial charge in [-0.2, -0.15) is 0 Å². The van der Waals surface area contributed by atoms with Crippen molar-refractivity contribution in [2.75, 3.05) is 26.2 Å². The van der Waals surface area contributed by atoms with Crippen molar-refractivity contribution in [3.63, 3.8) is 0 Å². The van der Waals surface area contributed by atoms with Gasteiger partial charge in [0.05, 0.1) is 4.88 Å². The van der Waals surface area contributed by atoms with E-state index in [1.165, 1.54) is 10.4 Å². The fraction of sp³-hybridized carbons (Fsp3) is 0.643. The number of hydrogen-bond acceptors (Lipinski definition) is 3. The van der Waals surface area contributed by atoms with Crippen molar-refractivity contribution in [3.8, 4) is 0 Å². The van der Waals surface area contributed by atoms with E-state index < -0.39 is 0 Å². The lowest BCUT2D eigenvalue weighted by Gasteiger charge is -2.16. The first-order valence-electron chi connectivity index (χ1n) is 6.78. The predicted molar refractivity (Wildman–Crippen MR) is 74.2 cm³/mol. The summed E-state index contributed by atoms with van der Waals surface area (Å²) in [5, 5.41) is 3.41. The molecule has 2 fully saturated rings. The van der Waals surface area contributed by atoms with E-state index in [-0.39, 0.29) is 5.91 Å². The number of nitrogens with one attached hydrogen (secondary N) is 1. The molecule has 98 valence electrons. The Labute approximate surface area is 112 Å². The quantitative estimate of drug-likeness (QED) is 0.885. The zero-order valence-electron chi connectivity index (χ0n) is 11.0. The molecule has 0 bridgehead atoms. The summed E-state index contributed by atoms with van der Waals surface area (Å²) >= 11 is 1.68. The van der Waals surface area contributed by atoms with Crippen LogP contribution in [0.15, 0.2) is 6.07 Å². The number of hydrogen-bond donors (Lipinski definition) is 1. The zero-order chi connectivity index (χ0) is 12.7. The van der Waals surface area contributed by atoms with Gasteiger partial charge in [0.25, 0.3) is 5.91 Å². The monoisotopic (exact) mass is 264 g/mol. The molecular weight excluding hydrogens is 244 g/mol. The van der Waals surface area contributed by atoms with E-state index in [4.69, 9.17) is 0 Å².